The molecule has 0 bridgehead atoms. The fourth-order valence-electron chi connectivity index (χ4n) is 0.585. The Morgan fingerprint density at radius 3 is 2.45 bits per heavy atom. The molecule has 0 spiro atoms. The van der Waals surface area contributed by atoms with Gasteiger partial charge in [-0.2, -0.15) is 10.5 Å². The van der Waals surface area contributed by atoms with E-state index in [4.69, 9.17) is 10.5 Å². The Labute approximate surface area is 67.1 Å². The van der Waals surface area contributed by atoms with E-state index in [1.54, 1.807) is 6.08 Å². The molecule has 0 aliphatic carbocycles. The predicted octanol–water partition coefficient (Wildman–Crippen LogP) is 2.32. The minimum Gasteiger partial charge on any atom is -0.192 e. The lowest BCUT2D eigenvalue weighted by atomic mass is 10.1. The topological polar surface area (TPSA) is 47.6 Å². The molecule has 0 amide bonds. The molecule has 0 N–H and O–H groups in total. The lowest BCUT2D eigenvalue weighted by Gasteiger charge is -1.90. The molecule has 0 aliphatic rings. The predicted molar refractivity (Wildman–Crippen MR) is 43.4 cm³/mol. The third kappa shape index (κ3) is 3.23. The number of unbranched alkanes of at least 4 members (excludes halogenated alkanes) is 1. The van der Waals surface area contributed by atoms with Crippen molar-refractivity contribution in [3.8, 4) is 12.1 Å². The lowest BCUT2D eigenvalue weighted by Crippen LogP contribution is -1.81. The van der Waals surface area contributed by atoms with Crippen LogP contribution in [0.2, 0.25) is 0 Å². The number of rotatable bonds is 3. The number of nitrogens with zero attached hydrogens (tertiary/aromatic N) is 2. The van der Waals surface area contributed by atoms with Gasteiger partial charge in [-0.15, -0.1) is 0 Å². The van der Waals surface area contributed by atoms with Gasteiger partial charge in [0.2, 0.25) is 0 Å². The van der Waals surface area contributed by atoms with Gasteiger partial charge in [-0.3, -0.25) is 0 Å². The molecule has 0 rings (SSSR count). The highest BCUT2D eigenvalue weighted by Gasteiger charge is 1.97. The molecule has 0 unspecified atom stereocenters. The Morgan fingerprint density at radius 2 is 2.09 bits per heavy atom. The minimum atomic E-state index is 0.251. The van der Waals surface area contributed by atoms with Crippen molar-refractivity contribution in [3.63, 3.8) is 0 Å². The molecule has 0 saturated carbocycles. The first-order chi connectivity index (χ1) is 5.26. The van der Waals surface area contributed by atoms with Crippen molar-refractivity contribution >= 4 is 0 Å². The van der Waals surface area contributed by atoms with Crippen LogP contribution in [0.3, 0.4) is 0 Å². The van der Waals surface area contributed by atoms with Crippen LogP contribution in [0.4, 0.5) is 0 Å². The number of hydrogen-bond acceptors (Lipinski definition) is 2. The van der Waals surface area contributed by atoms with Crippen LogP contribution in [0, 0.1) is 22.7 Å². The Bertz CT molecular complexity index is 248. The maximum atomic E-state index is 8.52. The van der Waals surface area contributed by atoms with Gasteiger partial charge in [-0.05, 0) is 6.42 Å². The maximum absolute atomic E-state index is 8.52. The van der Waals surface area contributed by atoms with Crippen molar-refractivity contribution in [2.45, 2.75) is 19.8 Å². The van der Waals surface area contributed by atoms with Gasteiger partial charge >= 0.3 is 0 Å². The molecule has 56 valence electrons. The van der Waals surface area contributed by atoms with Crippen LogP contribution >= 0.6 is 0 Å². The Balaban J connectivity index is 4.34. The molecule has 0 aromatic heterocycles. The van der Waals surface area contributed by atoms with E-state index >= 15 is 0 Å². The molecular formula is C9H10N2. The quantitative estimate of drug-likeness (QED) is 0.453. The zero-order chi connectivity index (χ0) is 8.69. The van der Waals surface area contributed by atoms with Crippen LogP contribution in [-0.2, 0) is 0 Å². The average Bonchev–Trinajstić information content (AvgIpc) is 2.05. The second-order valence-electron chi connectivity index (χ2n) is 2.11. The molecular weight excluding hydrogens is 136 g/mol. The maximum Gasteiger partial charge on any atom is 0.100 e. The number of nitriles is 2. The molecule has 0 atom stereocenters. The van der Waals surface area contributed by atoms with Crippen LogP contribution < -0.4 is 0 Å². The summed E-state index contributed by atoms with van der Waals surface area (Å²) in [6, 6.07) is 3.77. The molecule has 0 heterocycles. The van der Waals surface area contributed by atoms with Crippen LogP contribution in [0.5, 0.6) is 0 Å². The fourth-order valence-corrected chi connectivity index (χ4v) is 0.585. The van der Waals surface area contributed by atoms with Crippen molar-refractivity contribution in [1.82, 2.24) is 0 Å². The summed E-state index contributed by atoms with van der Waals surface area (Å²) < 4.78 is 0. The second-order valence-corrected chi connectivity index (χ2v) is 2.11. The van der Waals surface area contributed by atoms with Crippen molar-refractivity contribution in [1.29, 1.82) is 10.5 Å². The fraction of sp³-hybridized carbons (Fsp3) is 0.333. The SMILES string of the molecule is C=C(C#N)/C(C#N)=C/CCC. The van der Waals surface area contributed by atoms with Gasteiger partial charge in [0, 0.05) is 0 Å². The van der Waals surface area contributed by atoms with Gasteiger partial charge in [0.1, 0.15) is 6.07 Å². The summed E-state index contributed by atoms with van der Waals surface area (Å²) in [5.74, 6) is 0. The van der Waals surface area contributed by atoms with E-state index in [1.807, 2.05) is 19.1 Å². The first-order valence-corrected chi connectivity index (χ1v) is 3.45. The highest BCUT2D eigenvalue weighted by atomic mass is 14.3. The molecule has 11 heavy (non-hydrogen) atoms. The van der Waals surface area contributed by atoms with Gasteiger partial charge in [-0.25, -0.2) is 0 Å². The Morgan fingerprint density at radius 1 is 1.45 bits per heavy atom. The average molecular weight is 146 g/mol. The third-order valence-electron chi connectivity index (χ3n) is 1.22. The zero-order valence-electron chi connectivity index (χ0n) is 6.59. The van der Waals surface area contributed by atoms with Crippen LogP contribution in [0.15, 0.2) is 23.8 Å². The van der Waals surface area contributed by atoms with Gasteiger partial charge < -0.3 is 0 Å². The number of hydrogen-bond donors (Lipinski definition) is 0. The largest absolute Gasteiger partial charge is 0.192 e. The van der Waals surface area contributed by atoms with Crippen LogP contribution in [-0.4, -0.2) is 0 Å². The molecule has 0 fully saturated rings. The first kappa shape index (κ1) is 9.46. The summed E-state index contributed by atoms with van der Waals surface area (Å²) in [5.41, 5.74) is 0.648. The summed E-state index contributed by atoms with van der Waals surface area (Å²) in [6.07, 6.45) is 3.54. The minimum absolute atomic E-state index is 0.251. The summed E-state index contributed by atoms with van der Waals surface area (Å²) >= 11 is 0. The Kier molecular flexibility index (Phi) is 4.52. The highest BCUT2D eigenvalue weighted by molar-refractivity contribution is 5.47. The summed E-state index contributed by atoms with van der Waals surface area (Å²) in [6.45, 7) is 5.46. The molecule has 2 nitrogen and oxygen atoms in total. The lowest BCUT2D eigenvalue weighted by molar-refractivity contribution is 0.954. The number of allylic oxidation sites excluding steroid dienone is 3. The van der Waals surface area contributed by atoms with Gasteiger partial charge in [-0.1, -0.05) is 26.0 Å². The normalized spacial score (nSPS) is 9.91. The van der Waals surface area contributed by atoms with Gasteiger partial charge in [0.05, 0.1) is 17.2 Å². The van der Waals surface area contributed by atoms with E-state index in [0.717, 1.165) is 12.8 Å². The summed E-state index contributed by atoms with van der Waals surface area (Å²) in [5, 5.41) is 16.9. The molecule has 0 aromatic rings. The molecule has 0 aliphatic heterocycles. The van der Waals surface area contributed by atoms with Crippen molar-refractivity contribution in [2.24, 2.45) is 0 Å². The Hall–Kier alpha value is -1.54. The van der Waals surface area contributed by atoms with Crippen LogP contribution in [0.1, 0.15) is 19.8 Å². The van der Waals surface area contributed by atoms with Crippen molar-refractivity contribution < 1.29 is 0 Å². The van der Waals surface area contributed by atoms with Crippen molar-refractivity contribution in [2.75, 3.05) is 0 Å². The molecule has 0 aromatic carbocycles. The standard InChI is InChI=1S/C9H10N2/c1-3-4-5-9(7-11)8(2)6-10/h5H,2-4H2,1H3/b9-5+. The van der Waals surface area contributed by atoms with Crippen molar-refractivity contribution in [3.05, 3.63) is 23.8 Å². The monoisotopic (exact) mass is 146 g/mol. The zero-order valence-corrected chi connectivity index (χ0v) is 6.59. The molecule has 2 heteroatoms. The van der Waals surface area contributed by atoms with E-state index in [2.05, 4.69) is 6.58 Å². The van der Waals surface area contributed by atoms with E-state index < -0.39 is 0 Å². The van der Waals surface area contributed by atoms with E-state index in [-0.39, 0.29) is 5.57 Å². The summed E-state index contributed by atoms with van der Waals surface area (Å²) in [7, 11) is 0. The highest BCUT2D eigenvalue weighted by Crippen LogP contribution is 2.06. The van der Waals surface area contributed by atoms with Gasteiger partial charge in [0.25, 0.3) is 0 Å². The third-order valence-corrected chi connectivity index (χ3v) is 1.22. The smallest absolute Gasteiger partial charge is 0.100 e. The van der Waals surface area contributed by atoms with E-state index in [0.29, 0.717) is 5.57 Å². The van der Waals surface area contributed by atoms with E-state index in [9.17, 15) is 0 Å². The molecule has 0 saturated heterocycles. The van der Waals surface area contributed by atoms with Gasteiger partial charge in [0.15, 0.2) is 0 Å². The molecule has 0 radical (unpaired) electrons. The first-order valence-electron chi connectivity index (χ1n) is 3.45. The summed E-state index contributed by atoms with van der Waals surface area (Å²) in [4.78, 5) is 0. The second kappa shape index (κ2) is 5.26. The van der Waals surface area contributed by atoms with E-state index in [1.165, 1.54) is 0 Å². The van der Waals surface area contributed by atoms with Crippen LogP contribution in [0.25, 0.3) is 0 Å².